The predicted molar refractivity (Wildman–Crippen MR) is 116 cm³/mol. The van der Waals surface area contributed by atoms with Crippen LogP contribution in [0.4, 0.5) is 5.13 Å². The minimum absolute atomic E-state index is 0.0522. The van der Waals surface area contributed by atoms with E-state index in [2.05, 4.69) is 24.0 Å². The van der Waals surface area contributed by atoms with E-state index in [4.69, 9.17) is 0 Å². The predicted octanol–water partition coefficient (Wildman–Crippen LogP) is 4.60. The maximum absolute atomic E-state index is 13.0. The summed E-state index contributed by atoms with van der Waals surface area (Å²) in [6, 6.07) is 15.7. The number of nitrogens with zero attached hydrogens (tertiary/aromatic N) is 3. The van der Waals surface area contributed by atoms with Crippen molar-refractivity contribution >= 4 is 33.9 Å². The molecule has 3 aromatic rings. The van der Waals surface area contributed by atoms with Crippen molar-refractivity contribution in [2.45, 2.75) is 32.7 Å². The van der Waals surface area contributed by atoms with Crippen molar-refractivity contribution in [1.82, 2.24) is 10.2 Å². The van der Waals surface area contributed by atoms with Crippen LogP contribution in [-0.4, -0.2) is 27.0 Å². The molecule has 1 fully saturated rings. The Morgan fingerprint density at radius 1 is 1.03 bits per heavy atom. The van der Waals surface area contributed by atoms with Gasteiger partial charge >= 0.3 is 5.91 Å². The zero-order valence-corrected chi connectivity index (χ0v) is 17.7. The monoisotopic (exact) mass is 419 g/mol. The molecule has 2 aromatic carbocycles. The lowest BCUT2D eigenvalue weighted by molar-refractivity contribution is -0.132. The molecule has 1 unspecified atom stereocenters. The second-order valence-electron chi connectivity index (χ2n) is 7.46. The third kappa shape index (κ3) is 3.41. The number of aromatic nitrogens is 2. The number of aliphatic hydroxyl groups is 1. The number of aliphatic hydroxyl groups excluding tert-OH is 1. The molecule has 1 saturated heterocycles. The number of anilines is 1. The molecule has 1 amide bonds. The smallest absolute Gasteiger partial charge is 0.301 e. The molecule has 0 aliphatic carbocycles. The summed E-state index contributed by atoms with van der Waals surface area (Å²) in [5.41, 5.74) is 2.40. The topological polar surface area (TPSA) is 83.4 Å². The lowest BCUT2D eigenvalue weighted by Crippen LogP contribution is -2.29. The van der Waals surface area contributed by atoms with Gasteiger partial charge in [0.05, 0.1) is 11.6 Å². The van der Waals surface area contributed by atoms with E-state index in [1.54, 1.807) is 31.2 Å². The van der Waals surface area contributed by atoms with Gasteiger partial charge in [0.25, 0.3) is 5.78 Å². The molecule has 7 heteroatoms. The highest BCUT2D eigenvalue weighted by Crippen LogP contribution is 2.43. The number of hydrogen-bond donors (Lipinski definition) is 1. The third-order valence-corrected chi connectivity index (χ3v) is 5.97. The first kappa shape index (κ1) is 20.0. The largest absolute Gasteiger partial charge is 0.507 e. The summed E-state index contributed by atoms with van der Waals surface area (Å²) in [6.45, 7) is 5.98. The number of ketones is 1. The third-order valence-electron chi connectivity index (χ3n) is 5.13. The molecule has 152 valence electrons. The Morgan fingerprint density at radius 2 is 1.70 bits per heavy atom. The van der Waals surface area contributed by atoms with Gasteiger partial charge in [-0.25, -0.2) is 0 Å². The number of aryl methyl sites for hydroxylation is 1. The molecular weight excluding hydrogens is 398 g/mol. The van der Waals surface area contributed by atoms with Crippen molar-refractivity contribution in [2.24, 2.45) is 0 Å². The average Bonchev–Trinajstić information content (AvgIpc) is 3.29. The van der Waals surface area contributed by atoms with E-state index in [1.807, 2.05) is 30.3 Å². The van der Waals surface area contributed by atoms with Gasteiger partial charge in [-0.3, -0.25) is 14.5 Å². The van der Waals surface area contributed by atoms with Crippen LogP contribution in [0.1, 0.15) is 47.5 Å². The van der Waals surface area contributed by atoms with Crippen molar-refractivity contribution in [3.05, 3.63) is 81.9 Å². The fourth-order valence-corrected chi connectivity index (χ4v) is 4.26. The average molecular weight is 420 g/mol. The summed E-state index contributed by atoms with van der Waals surface area (Å²) in [6.07, 6.45) is 0. The maximum atomic E-state index is 13.0. The van der Waals surface area contributed by atoms with Crippen molar-refractivity contribution in [3.8, 4) is 0 Å². The van der Waals surface area contributed by atoms with Crippen molar-refractivity contribution in [2.75, 3.05) is 4.90 Å². The van der Waals surface area contributed by atoms with Gasteiger partial charge < -0.3 is 5.11 Å². The molecular formula is C23H21N3O3S. The molecule has 4 rings (SSSR count). The van der Waals surface area contributed by atoms with Crippen molar-refractivity contribution < 1.29 is 14.7 Å². The molecule has 0 spiro atoms. The fourth-order valence-electron chi connectivity index (χ4n) is 3.54. The van der Waals surface area contributed by atoms with Crippen LogP contribution >= 0.6 is 11.3 Å². The second kappa shape index (κ2) is 7.84. The molecule has 1 N–H and O–H groups in total. The normalized spacial score (nSPS) is 18.4. The molecule has 6 nitrogen and oxygen atoms in total. The van der Waals surface area contributed by atoms with Gasteiger partial charge in [0.1, 0.15) is 10.8 Å². The first-order valence-electron chi connectivity index (χ1n) is 9.65. The Labute approximate surface area is 178 Å². The molecule has 1 aliphatic rings. The molecule has 0 radical (unpaired) electrons. The minimum atomic E-state index is -0.779. The fraction of sp³-hybridized carbons (Fsp3) is 0.217. The maximum Gasteiger partial charge on any atom is 0.301 e. The molecule has 30 heavy (non-hydrogen) atoms. The van der Waals surface area contributed by atoms with Crippen LogP contribution in [-0.2, 0) is 9.59 Å². The van der Waals surface area contributed by atoms with Gasteiger partial charge in [0, 0.05) is 5.56 Å². The molecule has 1 aromatic heterocycles. The Bertz CT molecular complexity index is 1130. The Hall–Kier alpha value is -3.32. The summed E-state index contributed by atoms with van der Waals surface area (Å²) in [7, 11) is 0. The van der Waals surface area contributed by atoms with Crippen LogP contribution in [0, 0.1) is 6.92 Å². The van der Waals surface area contributed by atoms with E-state index < -0.39 is 17.7 Å². The van der Waals surface area contributed by atoms with Gasteiger partial charge in [-0.1, -0.05) is 79.8 Å². The van der Waals surface area contributed by atoms with Crippen LogP contribution in [0.15, 0.2) is 60.2 Å². The van der Waals surface area contributed by atoms with E-state index in [-0.39, 0.29) is 11.3 Å². The van der Waals surface area contributed by atoms with Crippen molar-refractivity contribution in [1.29, 1.82) is 0 Å². The van der Waals surface area contributed by atoms with Crippen LogP contribution in [0.25, 0.3) is 5.76 Å². The van der Waals surface area contributed by atoms with Gasteiger partial charge in [0.2, 0.25) is 5.13 Å². The number of carbonyl (C=O) groups excluding carboxylic acids is 2. The molecule has 1 aliphatic heterocycles. The minimum Gasteiger partial charge on any atom is -0.507 e. The van der Waals surface area contributed by atoms with Crippen LogP contribution < -0.4 is 4.90 Å². The van der Waals surface area contributed by atoms with Crippen LogP contribution in [0.3, 0.4) is 0 Å². The summed E-state index contributed by atoms with van der Waals surface area (Å²) in [5.74, 6) is -1.31. The molecule has 1 atom stereocenters. The van der Waals surface area contributed by atoms with E-state index in [0.29, 0.717) is 21.6 Å². The number of amides is 1. The number of Topliss-reactive ketones (excluding diaryl/α,β-unsaturated/α-hetero) is 1. The Balaban J connectivity index is 1.91. The molecule has 0 saturated carbocycles. The van der Waals surface area contributed by atoms with Gasteiger partial charge in [-0.05, 0) is 24.0 Å². The zero-order valence-electron chi connectivity index (χ0n) is 16.9. The molecule has 0 bridgehead atoms. The first-order valence-corrected chi connectivity index (χ1v) is 10.5. The lowest BCUT2D eigenvalue weighted by Gasteiger charge is -2.23. The van der Waals surface area contributed by atoms with Gasteiger partial charge in [-0.2, -0.15) is 0 Å². The number of carbonyl (C=O) groups is 2. The summed E-state index contributed by atoms with van der Waals surface area (Å²) < 4.78 is 0. The summed E-state index contributed by atoms with van der Waals surface area (Å²) in [4.78, 5) is 27.3. The highest BCUT2D eigenvalue weighted by Gasteiger charge is 2.48. The van der Waals surface area contributed by atoms with E-state index in [9.17, 15) is 14.7 Å². The van der Waals surface area contributed by atoms with Gasteiger partial charge in [0.15, 0.2) is 0 Å². The number of hydrogen-bond acceptors (Lipinski definition) is 6. The number of benzene rings is 2. The van der Waals surface area contributed by atoms with E-state index >= 15 is 0 Å². The first-order chi connectivity index (χ1) is 14.4. The van der Waals surface area contributed by atoms with E-state index in [1.165, 1.54) is 16.2 Å². The SMILES string of the molecule is Cc1nnc(N2C(=O)C(=O)/C(=C(\O)c3ccccc3)C2c2ccc(C(C)C)cc2)s1. The van der Waals surface area contributed by atoms with E-state index in [0.717, 1.165) is 11.1 Å². The quantitative estimate of drug-likeness (QED) is 0.380. The van der Waals surface area contributed by atoms with Crippen LogP contribution in [0.5, 0.6) is 0 Å². The standard InChI is InChI=1S/C23H21N3O3S/c1-13(2)15-9-11-16(12-10-15)19-18(20(27)17-7-5-4-6-8-17)21(28)22(29)26(19)23-25-24-14(3)30-23/h4-13,19,27H,1-3H3/b20-18-. The van der Waals surface area contributed by atoms with Crippen LogP contribution in [0.2, 0.25) is 0 Å². The summed E-state index contributed by atoms with van der Waals surface area (Å²) >= 11 is 1.23. The summed E-state index contributed by atoms with van der Waals surface area (Å²) in [5, 5.41) is 20.1. The van der Waals surface area contributed by atoms with Crippen molar-refractivity contribution in [3.63, 3.8) is 0 Å². The lowest BCUT2D eigenvalue weighted by atomic mass is 9.93. The highest BCUT2D eigenvalue weighted by molar-refractivity contribution is 7.15. The zero-order chi connectivity index (χ0) is 21.4. The second-order valence-corrected chi connectivity index (χ2v) is 8.62. The Kier molecular flexibility index (Phi) is 5.22. The highest BCUT2D eigenvalue weighted by atomic mass is 32.1. The molecule has 2 heterocycles. The Morgan fingerprint density at radius 3 is 2.27 bits per heavy atom. The van der Waals surface area contributed by atoms with Gasteiger partial charge in [-0.15, -0.1) is 10.2 Å². The number of rotatable bonds is 4.